The number of carbonyl (C=O) groups is 1. The molecule has 2 rings (SSSR count). The van der Waals surface area contributed by atoms with Crippen molar-refractivity contribution < 1.29 is 4.79 Å². The van der Waals surface area contributed by atoms with Gasteiger partial charge in [0.2, 0.25) is 5.91 Å². The summed E-state index contributed by atoms with van der Waals surface area (Å²) < 4.78 is 0. The third kappa shape index (κ3) is 1.75. The van der Waals surface area contributed by atoms with E-state index in [-0.39, 0.29) is 17.9 Å². The summed E-state index contributed by atoms with van der Waals surface area (Å²) in [4.78, 5) is 13.8. The van der Waals surface area contributed by atoms with Crippen molar-refractivity contribution >= 4 is 5.91 Å². The Bertz CT molecular complexity index is 231. The van der Waals surface area contributed by atoms with Gasteiger partial charge in [0.25, 0.3) is 0 Å². The lowest BCUT2D eigenvalue weighted by molar-refractivity contribution is -0.132. The standard InChI is InChI=1S/C10H16N2O/c11-9-4-3-8(7-9)10(13)12-5-1-2-6-12/h3-4,8-9H,1-2,5-7,11H2. The fourth-order valence-corrected chi connectivity index (χ4v) is 2.08. The van der Waals surface area contributed by atoms with Crippen LogP contribution in [0.5, 0.6) is 0 Å². The molecule has 0 radical (unpaired) electrons. The molecule has 2 unspecified atom stereocenters. The lowest BCUT2D eigenvalue weighted by Gasteiger charge is -2.19. The molecule has 0 saturated carbocycles. The van der Waals surface area contributed by atoms with Crippen molar-refractivity contribution in [2.75, 3.05) is 13.1 Å². The van der Waals surface area contributed by atoms with Gasteiger partial charge in [-0.1, -0.05) is 12.2 Å². The number of nitrogens with zero attached hydrogens (tertiary/aromatic N) is 1. The normalized spacial score (nSPS) is 32.8. The molecular weight excluding hydrogens is 164 g/mol. The maximum absolute atomic E-state index is 11.8. The van der Waals surface area contributed by atoms with Crippen LogP contribution >= 0.6 is 0 Å². The highest BCUT2D eigenvalue weighted by atomic mass is 16.2. The second-order valence-electron chi connectivity index (χ2n) is 3.92. The number of amides is 1. The Balaban J connectivity index is 1.93. The first-order valence-corrected chi connectivity index (χ1v) is 5.00. The zero-order chi connectivity index (χ0) is 9.26. The van der Waals surface area contributed by atoms with E-state index in [4.69, 9.17) is 5.73 Å². The number of hydrogen-bond donors (Lipinski definition) is 1. The molecule has 3 heteroatoms. The summed E-state index contributed by atoms with van der Waals surface area (Å²) in [5, 5.41) is 0. The first-order chi connectivity index (χ1) is 6.27. The van der Waals surface area contributed by atoms with E-state index in [1.807, 2.05) is 17.1 Å². The highest BCUT2D eigenvalue weighted by Gasteiger charge is 2.28. The molecular formula is C10H16N2O. The monoisotopic (exact) mass is 180 g/mol. The molecule has 0 aromatic heterocycles. The van der Waals surface area contributed by atoms with E-state index in [2.05, 4.69) is 0 Å². The minimum atomic E-state index is 0.0631. The fraction of sp³-hybridized carbons (Fsp3) is 0.700. The molecule has 1 aliphatic carbocycles. The van der Waals surface area contributed by atoms with Crippen molar-refractivity contribution in [2.24, 2.45) is 11.7 Å². The van der Waals surface area contributed by atoms with Crippen LogP contribution in [0.15, 0.2) is 12.2 Å². The van der Waals surface area contributed by atoms with Crippen LogP contribution < -0.4 is 5.73 Å². The number of rotatable bonds is 1. The van der Waals surface area contributed by atoms with E-state index in [0.717, 1.165) is 32.4 Å². The molecule has 2 atom stereocenters. The quantitative estimate of drug-likeness (QED) is 0.598. The van der Waals surface area contributed by atoms with Gasteiger partial charge in [-0.05, 0) is 19.3 Å². The van der Waals surface area contributed by atoms with Crippen molar-refractivity contribution in [3.63, 3.8) is 0 Å². The molecule has 1 heterocycles. The van der Waals surface area contributed by atoms with Crippen LogP contribution in [0.1, 0.15) is 19.3 Å². The number of nitrogens with two attached hydrogens (primary N) is 1. The van der Waals surface area contributed by atoms with Crippen LogP contribution in [0.25, 0.3) is 0 Å². The first kappa shape index (κ1) is 8.75. The van der Waals surface area contributed by atoms with E-state index in [0.29, 0.717) is 0 Å². The summed E-state index contributed by atoms with van der Waals surface area (Å²) in [5.41, 5.74) is 5.70. The average molecular weight is 180 g/mol. The van der Waals surface area contributed by atoms with Crippen LogP contribution in [-0.2, 0) is 4.79 Å². The van der Waals surface area contributed by atoms with E-state index in [9.17, 15) is 4.79 Å². The molecule has 1 fully saturated rings. The second-order valence-corrected chi connectivity index (χ2v) is 3.92. The summed E-state index contributed by atoms with van der Waals surface area (Å²) in [6, 6.07) is 0.0940. The summed E-state index contributed by atoms with van der Waals surface area (Å²) in [6.07, 6.45) is 7.03. The van der Waals surface area contributed by atoms with Crippen molar-refractivity contribution in [1.29, 1.82) is 0 Å². The van der Waals surface area contributed by atoms with Gasteiger partial charge in [-0.3, -0.25) is 4.79 Å². The minimum absolute atomic E-state index is 0.0631. The van der Waals surface area contributed by atoms with Gasteiger partial charge in [-0.15, -0.1) is 0 Å². The van der Waals surface area contributed by atoms with Gasteiger partial charge in [0.1, 0.15) is 0 Å². The van der Waals surface area contributed by atoms with E-state index >= 15 is 0 Å². The Hall–Kier alpha value is -0.830. The molecule has 1 amide bonds. The summed E-state index contributed by atoms with van der Waals surface area (Å²) in [6.45, 7) is 1.89. The smallest absolute Gasteiger partial charge is 0.229 e. The molecule has 0 bridgehead atoms. The van der Waals surface area contributed by atoms with Crippen LogP contribution in [0.2, 0.25) is 0 Å². The highest BCUT2D eigenvalue weighted by molar-refractivity contribution is 5.81. The molecule has 1 aliphatic heterocycles. The zero-order valence-electron chi connectivity index (χ0n) is 7.78. The highest BCUT2D eigenvalue weighted by Crippen LogP contribution is 2.21. The molecule has 72 valence electrons. The summed E-state index contributed by atoms with van der Waals surface area (Å²) in [7, 11) is 0. The maximum Gasteiger partial charge on any atom is 0.229 e. The Labute approximate surface area is 78.6 Å². The Morgan fingerprint density at radius 3 is 2.54 bits per heavy atom. The number of likely N-dealkylation sites (tertiary alicyclic amines) is 1. The van der Waals surface area contributed by atoms with Gasteiger partial charge < -0.3 is 10.6 Å². The van der Waals surface area contributed by atoms with E-state index < -0.39 is 0 Å². The Morgan fingerprint density at radius 2 is 2.00 bits per heavy atom. The van der Waals surface area contributed by atoms with E-state index in [1.165, 1.54) is 0 Å². The third-order valence-corrected chi connectivity index (χ3v) is 2.85. The van der Waals surface area contributed by atoms with Crippen molar-refractivity contribution in [3.05, 3.63) is 12.2 Å². The van der Waals surface area contributed by atoms with Crippen LogP contribution in [-0.4, -0.2) is 29.9 Å². The lowest BCUT2D eigenvalue weighted by atomic mass is 10.1. The molecule has 2 aliphatic rings. The van der Waals surface area contributed by atoms with Crippen molar-refractivity contribution in [3.8, 4) is 0 Å². The Morgan fingerprint density at radius 1 is 1.31 bits per heavy atom. The van der Waals surface area contributed by atoms with Crippen molar-refractivity contribution in [2.45, 2.75) is 25.3 Å². The SMILES string of the molecule is NC1C=CC(C(=O)N2CCCC2)C1. The topological polar surface area (TPSA) is 46.3 Å². The van der Waals surface area contributed by atoms with E-state index in [1.54, 1.807) is 0 Å². The van der Waals surface area contributed by atoms with Gasteiger partial charge in [-0.25, -0.2) is 0 Å². The summed E-state index contributed by atoms with van der Waals surface area (Å²) >= 11 is 0. The fourth-order valence-electron chi connectivity index (χ4n) is 2.08. The molecule has 1 saturated heterocycles. The predicted molar refractivity (Wildman–Crippen MR) is 51.0 cm³/mol. The van der Waals surface area contributed by atoms with Crippen LogP contribution in [0, 0.1) is 5.92 Å². The zero-order valence-corrected chi connectivity index (χ0v) is 7.78. The molecule has 2 N–H and O–H groups in total. The van der Waals surface area contributed by atoms with Crippen LogP contribution in [0.4, 0.5) is 0 Å². The number of carbonyl (C=O) groups excluding carboxylic acids is 1. The van der Waals surface area contributed by atoms with Crippen molar-refractivity contribution in [1.82, 2.24) is 4.90 Å². The Kier molecular flexibility index (Phi) is 2.36. The minimum Gasteiger partial charge on any atom is -0.342 e. The lowest BCUT2D eigenvalue weighted by Crippen LogP contribution is -2.33. The molecule has 0 spiro atoms. The van der Waals surface area contributed by atoms with Crippen LogP contribution in [0.3, 0.4) is 0 Å². The molecule has 13 heavy (non-hydrogen) atoms. The third-order valence-electron chi connectivity index (χ3n) is 2.85. The van der Waals surface area contributed by atoms with Gasteiger partial charge >= 0.3 is 0 Å². The molecule has 0 aromatic carbocycles. The number of hydrogen-bond acceptors (Lipinski definition) is 2. The molecule has 0 aromatic rings. The maximum atomic E-state index is 11.8. The van der Waals surface area contributed by atoms with Gasteiger partial charge in [-0.2, -0.15) is 0 Å². The average Bonchev–Trinajstić information content (AvgIpc) is 2.72. The van der Waals surface area contributed by atoms with Gasteiger partial charge in [0, 0.05) is 19.1 Å². The van der Waals surface area contributed by atoms with Gasteiger partial charge in [0.05, 0.1) is 5.92 Å². The predicted octanol–water partition coefficient (Wildman–Crippen LogP) is 0.512. The first-order valence-electron chi connectivity index (χ1n) is 5.00. The second kappa shape index (κ2) is 3.50. The van der Waals surface area contributed by atoms with Gasteiger partial charge in [0.15, 0.2) is 0 Å². The summed E-state index contributed by atoms with van der Waals surface area (Å²) in [5.74, 6) is 0.342. The molecule has 3 nitrogen and oxygen atoms in total. The largest absolute Gasteiger partial charge is 0.342 e.